The molecule has 4 nitrogen and oxygen atoms in total. The zero-order valence-corrected chi connectivity index (χ0v) is 18.8. The van der Waals surface area contributed by atoms with Gasteiger partial charge in [0.1, 0.15) is 11.9 Å². The molecule has 2 aromatic carbocycles. The number of likely N-dealkylation sites (N-methyl/N-ethyl adjacent to an activating group) is 1. The summed E-state index contributed by atoms with van der Waals surface area (Å²) in [5, 5.41) is 9.70. The van der Waals surface area contributed by atoms with E-state index in [0.29, 0.717) is 48.3 Å². The molecule has 0 radical (unpaired) electrons. The second-order valence-corrected chi connectivity index (χ2v) is 9.22. The van der Waals surface area contributed by atoms with E-state index in [-0.39, 0.29) is 5.82 Å². The monoisotopic (exact) mass is 468 g/mol. The van der Waals surface area contributed by atoms with E-state index in [1.165, 1.54) is 18.2 Å². The van der Waals surface area contributed by atoms with Gasteiger partial charge < -0.3 is 14.7 Å². The first kappa shape index (κ1) is 22.5. The maximum Gasteiger partial charge on any atom is 0.416 e. The summed E-state index contributed by atoms with van der Waals surface area (Å²) in [5.74, 6) is -0.372. The summed E-state index contributed by atoms with van der Waals surface area (Å²) in [6.45, 7) is 7.04. The van der Waals surface area contributed by atoms with Crippen LogP contribution in [0.25, 0.3) is 5.57 Å². The topological polar surface area (TPSA) is 33.5 Å². The Bertz CT molecular complexity index is 1210. The zero-order chi connectivity index (χ0) is 24.3. The Morgan fingerprint density at radius 1 is 1.00 bits per heavy atom. The molecule has 34 heavy (non-hydrogen) atoms. The van der Waals surface area contributed by atoms with Crippen LogP contribution in [0.3, 0.4) is 0 Å². The van der Waals surface area contributed by atoms with Crippen molar-refractivity contribution in [3.8, 4) is 6.07 Å². The Balaban J connectivity index is 1.59. The van der Waals surface area contributed by atoms with Crippen molar-refractivity contribution in [2.45, 2.75) is 24.6 Å². The van der Waals surface area contributed by atoms with Crippen molar-refractivity contribution >= 4 is 16.9 Å². The van der Waals surface area contributed by atoms with Crippen LogP contribution in [-0.2, 0) is 11.7 Å². The van der Waals surface area contributed by atoms with Gasteiger partial charge in [0.05, 0.1) is 28.1 Å². The summed E-state index contributed by atoms with van der Waals surface area (Å²) in [6, 6.07) is 10.6. The smallest absolute Gasteiger partial charge is 0.367 e. The Labute approximate surface area is 196 Å². The summed E-state index contributed by atoms with van der Waals surface area (Å²) >= 11 is 0. The van der Waals surface area contributed by atoms with Crippen LogP contribution in [0.5, 0.6) is 0 Å². The Morgan fingerprint density at radius 3 is 2.21 bits per heavy atom. The summed E-state index contributed by atoms with van der Waals surface area (Å²) in [5.41, 5.74) is 1.95. The number of hydrogen-bond acceptors (Lipinski definition) is 4. The van der Waals surface area contributed by atoms with Crippen LogP contribution in [0.2, 0.25) is 0 Å². The number of rotatable bonds is 3. The molecule has 8 heteroatoms. The molecule has 2 aliphatic heterocycles. The molecule has 2 aromatic rings. The van der Waals surface area contributed by atoms with Crippen LogP contribution in [-0.4, -0.2) is 38.1 Å². The first-order chi connectivity index (χ1) is 16.1. The molecule has 3 aliphatic rings. The Hall–Kier alpha value is -3.31. The van der Waals surface area contributed by atoms with E-state index in [1.807, 2.05) is 16.8 Å². The number of hydrogen-bond donors (Lipinski definition) is 0. The first-order valence-corrected chi connectivity index (χ1v) is 11.2. The summed E-state index contributed by atoms with van der Waals surface area (Å²) in [6.07, 6.45) is -1.28. The number of nitriles is 1. The molecule has 0 aromatic heterocycles. The van der Waals surface area contributed by atoms with E-state index in [1.54, 1.807) is 12.3 Å². The molecule has 176 valence electrons. The second kappa shape index (κ2) is 7.88. The lowest BCUT2D eigenvalue weighted by Crippen LogP contribution is -2.45. The van der Waals surface area contributed by atoms with Crippen molar-refractivity contribution in [1.82, 2.24) is 4.90 Å². The number of anilines is 2. The van der Waals surface area contributed by atoms with Crippen LogP contribution >= 0.6 is 0 Å². The van der Waals surface area contributed by atoms with Gasteiger partial charge in [-0.15, -0.1) is 0 Å². The molecule has 5 rings (SSSR count). The van der Waals surface area contributed by atoms with Gasteiger partial charge in [0, 0.05) is 37.9 Å². The predicted octanol–water partition coefficient (Wildman–Crippen LogP) is 5.53. The lowest BCUT2D eigenvalue weighted by Gasteiger charge is -2.39. The molecule has 2 heterocycles. The van der Waals surface area contributed by atoms with Gasteiger partial charge in [-0.1, -0.05) is 18.7 Å². The minimum Gasteiger partial charge on any atom is -0.367 e. The first-order valence-electron chi connectivity index (χ1n) is 11.2. The molecule has 1 aliphatic carbocycles. The summed E-state index contributed by atoms with van der Waals surface area (Å²) in [4.78, 5) is 6.14. The van der Waals surface area contributed by atoms with Crippen molar-refractivity contribution in [3.63, 3.8) is 0 Å². The van der Waals surface area contributed by atoms with Crippen molar-refractivity contribution in [1.29, 1.82) is 5.26 Å². The molecule has 2 fully saturated rings. The maximum atomic E-state index is 15.3. The average molecular weight is 468 g/mol. The second-order valence-electron chi connectivity index (χ2n) is 9.22. The average Bonchev–Trinajstić information content (AvgIpc) is 3.61. The normalized spacial score (nSPS) is 20.0. The Morgan fingerprint density at radius 2 is 1.65 bits per heavy atom. The fraction of sp³-hybridized carbons (Fsp3) is 0.346. The molecule has 0 amide bonds. The van der Waals surface area contributed by atoms with Gasteiger partial charge in [-0.25, -0.2) is 4.39 Å². The molecule has 0 spiro atoms. The highest BCUT2D eigenvalue weighted by atomic mass is 19.4. The summed E-state index contributed by atoms with van der Waals surface area (Å²) < 4.78 is 54.6. The minimum absolute atomic E-state index is 0.317. The minimum atomic E-state index is -4.41. The van der Waals surface area contributed by atoms with Gasteiger partial charge in [0.2, 0.25) is 0 Å². The van der Waals surface area contributed by atoms with Crippen LogP contribution in [0, 0.1) is 17.1 Å². The molecule has 1 saturated carbocycles. The third-order valence-electron chi connectivity index (χ3n) is 7.13. The number of allylic oxidation sites excluding steroid dienone is 2. The largest absolute Gasteiger partial charge is 0.416 e. The standard InChI is InChI=1S/C26H24F4N4/c1-17-18(15-31)16-34(25(7-8-25)19-3-5-20(6-4-19)26(28,29)30)23-14-24(22(27)13-21(17)23)33-11-9-32(2)10-12-33/h3-6,13-14,16H,1,7-12H2,2H3. The third-order valence-corrected chi connectivity index (χ3v) is 7.13. The number of nitrogens with zero attached hydrogens (tertiary/aromatic N) is 4. The van der Waals surface area contributed by atoms with Gasteiger partial charge in [0.15, 0.2) is 0 Å². The van der Waals surface area contributed by atoms with Crippen molar-refractivity contribution in [2.75, 3.05) is 43.0 Å². The lowest BCUT2D eigenvalue weighted by atomic mass is 9.91. The van der Waals surface area contributed by atoms with Crippen LogP contribution in [0.4, 0.5) is 28.9 Å². The van der Waals surface area contributed by atoms with E-state index in [9.17, 15) is 18.4 Å². The molecule has 0 N–H and O–H groups in total. The molecule has 0 unspecified atom stereocenters. The van der Waals surface area contributed by atoms with E-state index in [0.717, 1.165) is 36.5 Å². The van der Waals surface area contributed by atoms with E-state index in [4.69, 9.17) is 0 Å². The molecule has 0 bridgehead atoms. The highest BCUT2D eigenvalue weighted by molar-refractivity contribution is 5.93. The van der Waals surface area contributed by atoms with Crippen molar-refractivity contribution in [3.05, 3.63) is 77.3 Å². The van der Waals surface area contributed by atoms with Crippen molar-refractivity contribution < 1.29 is 17.6 Å². The van der Waals surface area contributed by atoms with Gasteiger partial charge in [-0.3, -0.25) is 0 Å². The van der Waals surface area contributed by atoms with Crippen LogP contribution in [0.15, 0.2) is 54.8 Å². The number of halogens is 4. The van der Waals surface area contributed by atoms with Gasteiger partial charge in [0.25, 0.3) is 0 Å². The third kappa shape index (κ3) is 3.64. The number of benzene rings is 2. The Kier molecular flexibility index (Phi) is 5.21. The van der Waals surface area contributed by atoms with Crippen LogP contribution < -0.4 is 9.80 Å². The molecular weight excluding hydrogens is 444 g/mol. The van der Waals surface area contributed by atoms with E-state index >= 15 is 4.39 Å². The maximum absolute atomic E-state index is 15.3. The quantitative estimate of drug-likeness (QED) is 0.555. The van der Waals surface area contributed by atoms with E-state index in [2.05, 4.69) is 17.5 Å². The van der Waals surface area contributed by atoms with Gasteiger partial charge >= 0.3 is 6.18 Å². The highest BCUT2D eigenvalue weighted by Gasteiger charge is 2.51. The fourth-order valence-electron chi connectivity index (χ4n) is 4.91. The van der Waals surface area contributed by atoms with Crippen molar-refractivity contribution in [2.24, 2.45) is 0 Å². The lowest BCUT2D eigenvalue weighted by molar-refractivity contribution is -0.137. The number of alkyl halides is 3. The van der Waals surface area contributed by atoms with Crippen LogP contribution in [0.1, 0.15) is 29.5 Å². The fourth-order valence-corrected chi connectivity index (χ4v) is 4.91. The molecule has 0 atom stereocenters. The highest BCUT2D eigenvalue weighted by Crippen LogP contribution is 2.56. The SMILES string of the molecule is C=C1C(C#N)=CN(C2(c3ccc(C(F)(F)F)cc3)CC2)c2cc(N3CCN(C)CC3)c(F)cc21. The summed E-state index contributed by atoms with van der Waals surface area (Å²) in [7, 11) is 2.03. The zero-order valence-electron chi connectivity index (χ0n) is 18.8. The van der Waals surface area contributed by atoms with Gasteiger partial charge in [-0.2, -0.15) is 18.4 Å². The van der Waals surface area contributed by atoms with Gasteiger partial charge in [-0.05, 0) is 55.3 Å². The van der Waals surface area contributed by atoms with E-state index < -0.39 is 17.3 Å². The number of piperazine rings is 1. The predicted molar refractivity (Wildman–Crippen MR) is 124 cm³/mol. The molecular formula is C26H24F4N4. The molecule has 1 saturated heterocycles. The number of fused-ring (bicyclic) bond motifs is 1.